The van der Waals surface area contributed by atoms with Crippen LogP contribution in [0.25, 0.3) is 0 Å². The molecule has 0 aliphatic carbocycles. The maximum Gasteiger partial charge on any atom is 0.125 e. The summed E-state index contributed by atoms with van der Waals surface area (Å²) in [5.74, 6) is -0.490. The molecule has 0 saturated carbocycles. The maximum atomic E-state index is 13.0. The van der Waals surface area contributed by atoms with Gasteiger partial charge in [-0.05, 0) is 24.6 Å². The summed E-state index contributed by atoms with van der Waals surface area (Å²) in [6, 6.07) is 6.64. The molecule has 14 heavy (non-hydrogen) atoms. The zero-order valence-electron chi connectivity index (χ0n) is 8.58. The van der Waals surface area contributed by atoms with Gasteiger partial charge in [0.25, 0.3) is 0 Å². The molecule has 2 nitrogen and oxygen atoms in total. The summed E-state index contributed by atoms with van der Waals surface area (Å²) in [5.41, 5.74) is 1.62. The molecule has 0 fully saturated rings. The Balaban J connectivity index is 3.23. The Hall–Kier alpha value is -1.56. The number of nitrogens with zero attached hydrogens (tertiary/aromatic N) is 2. The summed E-state index contributed by atoms with van der Waals surface area (Å²) < 4.78 is 13.0. The number of rotatable bonds is 2. The maximum absolute atomic E-state index is 13.0. The van der Waals surface area contributed by atoms with Gasteiger partial charge in [0.05, 0.1) is 12.0 Å². The molecule has 0 aliphatic rings. The molecular formula is C11H13FN2. The van der Waals surface area contributed by atoms with E-state index in [1.54, 1.807) is 13.0 Å². The second kappa shape index (κ2) is 4.10. The Morgan fingerprint density at radius 3 is 2.57 bits per heavy atom. The third-order valence-corrected chi connectivity index (χ3v) is 2.13. The van der Waals surface area contributed by atoms with Crippen molar-refractivity contribution in [3.63, 3.8) is 0 Å². The van der Waals surface area contributed by atoms with Crippen molar-refractivity contribution >= 4 is 5.69 Å². The van der Waals surface area contributed by atoms with E-state index in [-0.39, 0.29) is 11.7 Å². The lowest BCUT2D eigenvalue weighted by Gasteiger charge is -2.18. The van der Waals surface area contributed by atoms with Crippen molar-refractivity contribution in [2.24, 2.45) is 0 Å². The van der Waals surface area contributed by atoms with Crippen LogP contribution in [-0.2, 0) is 0 Å². The van der Waals surface area contributed by atoms with Crippen molar-refractivity contribution in [3.8, 4) is 6.07 Å². The molecule has 0 amide bonds. The molecule has 1 rings (SSSR count). The summed E-state index contributed by atoms with van der Waals surface area (Å²) in [4.78, 5) is 1.81. The Morgan fingerprint density at radius 1 is 1.43 bits per heavy atom. The quantitative estimate of drug-likeness (QED) is 0.720. The van der Waals surface area contributed by atoms with Crippen LogP contribution in [0.4, 0.5) is 10.1 Å². The van der Waals surface area contributed by atoms with Gasteiger partial charge in [-0.25, -0.2) is 4.39 Å². The van der Waals surface area contributed by atoms with Gasteiger partial charge in [-0.15, -0.1) is 0 Å². The lowest BCUT2D eigenvalue weighted by Crippen LogP contribution is -2.12. The number of anilines is 1. The number of hydrogen-bond donors (Lipinski definition) is 0. The van der Waals surface area contributed by atoms with Crippen LogP contribution in [0.15, 0.2) is 18.2 Å². The fourth-order valence-corrected chi connectivity index (χ4v) is 1.34. The lowest BCUT2D eigenvalue weighted by atomic mass is 10.00. The fourth-order valence-electron chi connectivity index (χ4n) is 1.34. The van der Waals surface area contributed by atoms with Crippen LogP contribution >= 0.6 is 0 Å². The highest BCUT2D eigenvalue weighted by Crippen LogP contribution is 2.26. The molecular weight excluding hydrogens is 179 g/mol. The van der Waals surface area contributed by atoms with E-state index in [0.717, 1.165) is 11.3 Å². The fraction of sp³-hybridized carbons (Fsp3) is 0.364. The van der Waals surface area contributed by atoms with Crippen LogP contribution in [-0.4, -0.2) is 14.1 Å². The van der Waals surface area contributed by atoms with Crippen molar-refractivity contribution in [2.45, 2.75) is 12.8 Å². The van der Waals surface area contributed by atoms with Crippen LogP contribution in [0.1, 0.15) is 18.4 Å². The molecule has 0 aliphatic heterocycles. The van der Waals surface area contributed by atoms with Crippen LogP contribution in [0, 0.1) is 17.1 Å². The average molecular weight is 192 g/mol. The van der Waals surface area contributed by atoms with Crippen molar-refractivity contribution in [2.75, 3.05) is 19.0 Å². The summed E-state index contributed by atoms with van der Waals surface area (Å²) in [7, 11) is 3.67. The molecule has 1 unspecified atom stereocenters. The van der Waals surface area contributed by atoms with Crippen LogP contribution in [0.3, 0.4) is 0 Å². The highest BCUT2D eigenvalue weighted by molar-refractivity contribution is 5.55. The Bertz CT molecular complexity index is 366. The SMILES string of the molecule is CC(C#N)c1ccc(F)cc1N(C)C. The highest BCUT2D eigenvalue weighted by atomic mass is 19.1. The molecule has 0 aromatic heterocycles. The number of benzene rings is 1. The van der Waals surface area contributed by atoms with Gasteiger partial charge < -0.3 is 4.90 Å². The predicted molar refractivity (Wildman–Crippen MR) is 54.8 cm³/mol. The van der Waals surface area contributed by atoms with Crippen molar-refractivity contribution < 1.29 is 4.39 Å². The summed E-state index contributed by atoms with van der Waals surface area (Å²) in [6.45, 7) is 1.81. The zero-order chi connectivity index (χ0) is 10.7. The number of nitriles is 1. The normalized spacial score (nSPS) is 11.9. The Labute approximate surface area is 83.6 Å². The van der Waals surface area contributed by atoms with E-state index in [4.69, 9.17) is 5.26 Å². The van der Waals surface area contributed by atoms with Crippen molar-refractivity contribution in [1.29, 1.82) is 5.26 Å². The van der Waals surface area contributed by atoms with Gasteiger partial charge in [-0.1, -0.05) is 6.07 Å². The van der Waals surface area contributed by atoms with Gasteiger partial charge in [0, 0.05) is 19.8 Å². The predicted octanol–water partition coefficient (Wildman–Crippen LogP) is 2.52. The minimum atomic E-state index is -0.275. The lowest BCUT2D eigenvalue weighted by molar-refractivity contribution is 0.626. The average Bonchev–Trinajstić information content (AvgIpc) is 2.16. The first kappa shape index (κ1) is 10.5. The molecule has 1 aromatic rings. The first-order valence-corrected chi connectivity index (χ1v) is 4.42. The largest absolute Gasteiger partial charge is 0.377 e. The van der Waals surface area contributed by atoms with Gasteiger partial charge in [0.2, 0.25) is 0 Å². The summed E-state index contributed by atoms with van der Waals surface area (Å²) in [6.07, 6.45) is 0. The summed E-state index contributed by atoms with van der Waals surface area (Å²) in [5, 5.41) is 8.80. The third kappa shape index (κ3) is 2.02. The third-order valence-electron chi connectivity index (χ3n) is 2.13. The van der Waals surface area contributed by atoms with E-state index >= 15 is 0 Å². The highest BCUT2D eigenvalue weighted by Gasteiger charge is 2.11. The second-order valence-electron chi connectivity index (χ2n) is 3.45. The minimum Gasteiger partial charge on any atom is -0.377 e. The molecule has 3 heteroatoms. The molecule has 0 bridgehead atoms. The zero-order valence-corrected chi connectivity index (χ0v) is 8.58. The van der Waals surface area contributed by atoms with Crippen molar-refractivity contribution in [3.05, 3.63) is 29.6 Å². The number of hydrogen-bond acceptors (Lipinski definition) is 2. The Kier molecular flexibility index (Phi) is 3.08. The van der Waals surface area contributed by atoms with E-state index in [0.29, 0.717) is 0 Å². The van der Waals surface area contributed by atoms with E-state index < -0.39 is 0 Å². The molecule has 0 heterocycles. The molecule has 0 saturated heterocycles. The van der Waals surface area contributed by atoms with Crippen molar-refractivity contribution in [1.82, 2.24) is 0 Å². The standard InChI is InChI=1S/C11H13FN2/c1-8(7-13)10-5-4-9(12)6-11(10)14(2)3/h4-6,8H,1-3H3. The number of halogens is 1. The van der Waals surface area contributed by atoms with E-state index in [9.17, 15) is 4.39 Å². The molecule has 74 valence electrons. The summed E-state index contributed by atoms with van der Waals surface area (Å²) >= 11 is 0. The molecule has 0 spiro atoms. The molecule has 0 radical (unpaired) electrons. The second-order valence-corrected chi connectivity index (χ2v) is 3.45. The molecule has 0 N–H and O–H groups in total. The van der Waals surface area contributed by atoms with Gasteiger partial charge >= 0.3 is 0 Å². The van der Waals surface area contributed by atoms with E-state index in [2.05, 4.69) is 6.07 Å². The van der Waals surface area contributed by atoms with Crippen LogP contribution in [0.5, 0.6) is 0 Å². The van der Waals surface area contributed by atoms with Gasteiger partial charge in [-0.2, -0.15) is 5.26 Å². The first-order chi connectivity index (χ1) is 6.56. The van der Waals surface area contributed by atoms with Gasteiger partial charge in [-0.3, -0.25) is 0 Å². The van der Waals surface area contributed by atoms with Gasteiger partial charge in [0.15, 0.2) is 0 Å². The smallest absolute Gasteiger partial charge is 0.125 e. The van der Waals surface area contributed by atoms with E-state index in [1.165, 1.54) is 12.1 Å². The first-order valence-electron chi connectivity index (χ1n) is 4.42. The topological polar surface area (TPSA) is 27.0 Å². The molecule has 1 aromatic carbocycles. The van der Waals surface area contributed by atoms with Crippen LogP contribution < -0.4 is 4.90 Å². The van der Waals surface area contributed by atoms with Gasteiger partial charge in [0.1, 0.15) is 5.82 Å². The molecule has 1 atom stereocenters. The van der Waals surface area contributed by atoms with E-state index in [1.807, 2.05) is 19.0 Å². The monoisotopic (exact) mass is 192 g/mol. The minimum absolute atomic E-state index is 0.215. The Morgan fingerprint density at radius 2 is 2.07 bits per heavy atom. The van der Waals surface area contributed by atoms with Crippen LogP contribution in [0.2, 0.25) is 0 Å².